The molecule has 1 aromatic carbocycles. The third-order valence-electron chi connectivity index (χ3n) is 4.14. The number of hydrogen-bond acceptors (Lipinski definition) is 2. The maximum atomic E-state index is 6.44. The second-order valence-electron chi connectivity index (χ2n) is 5.93. The standard InChI is InChI=1S/C17H27NO/c1-4-18-13-12-17(10-7-11-17)19-16-9-6-5-8-15(16)14(2)3/h5-6,8-9,14,18H,4,7,10-13H2,1-3H3. The molecule has 2 heteroatoms. The molecular formula is C17H27NO. The minimum absolute atomic E-state index is 0.0904. The normalized spacial score (nSPS) is 17.3. The Labute approximate surface area is 117 Å². The van der Waals surface area contributed by atoms with Crippen LogP contribution in [0.2, 0.25) is 0 Å². The van der Waals surface area contributed by atoms with Crippen molar-refractivity contribution in [3.63, 3.8) is 0 Å². The minimum Gasteiger partial charge on any atom is -0.487 e. The van der Waals surface area contributed by atoms with Gasteiger partial charge in [-0.2, -0.15) is 0 Å². The molecular weight excluding hydrogens is 234 g/mol. The van der Waals surface area contributed by atoms with Gasteiger partial charge in [0.05, 0.1) is 0 Å². The van der Waals surface area contributed by atoms with E-state index in [0.29, 0.717) is 5.92 Å². The lowest BCUT2D eigenvalue weighted by molar-refractivity contribution is -0.0150. The lowest BCUT2D eigenvalue weighted by Gasteiger charge is -2.42. The van der Waals surface area contributed by atoms with E-state index in [1.807, 2.05) is 0 Å². The number of ether oxygens (including phenoxy) is 1. The zero-order chi connectivity index (χ0) is 13.7. The summed E-state index contributed by atoms with van der Waals surface area (Å²) in [7, 11) is 0. The topological polar surface area (TPSA) is 21.3 Å². The van der Waals surface area contributed by atoms with Gasteiger partial charge in [0, 0.05) is 0 Å². The Balaban J connectivity index is 2.06. The second-order valence-corrected chi connectivity index (χ2v) is 5.93. The Morgan fingerprint density at radius 2 is 2.00 bits per heavy atom. The summed E-state index contributed by atoms with van der Waals surface area (Å²) < 4.78 is 6.44. The van der Waals surface area contributed by atoms with Crippen LogP contribution in [-0.2, 0) is 0 Å². The highest BCUT2D eigenvalue weighted by molar-refractivity contribution is 5.36. The maximum absolute atomic E-state index is 6.44. The number of hydrogen-bond donors (Lipinski definition) is 1. The van der Waals surface area contributed by atoms with E-state index in [2.05, 4.69) is 50.4 Å². The van der Waals surface area contributed by atoms with Crippen LogP contribution < -0.4 is 10.1 Å². The first-order valence-electron chi connectivity index (χ1n) is 7.65. The van der Waals surface area contributed by atoms with Crippen molar-refractivity contribution in [2.75, 3.05) is 13.1 Å². The molecule has 0 heterocycles. The molecule has 0 atom stereocenters. The van der Waals surface area contributed by atoms with Gasteiger partial charge < -0.3 is 10.1 Å². The predicted octanol–water partition coefficient (Wildman–Crippen LogP) is 4.11. The molecule has 0 amide bonds. The fraction of sp³-hybridized carbons (Fsp3) is 0.647. The van der Waals surface area contributed by atoms with Crippen molar-refractivity contribution in [2.45, 2.75) is 58.0 Å². The van der Waals surface area contributed by atoms with Crippen molar-refractivity contribution in [3.05, 3.63) is 29.8 Å². The van der Waals surface area contributed by atoms with Crippen LogP contribution in [0.1, 0.15) is 57.9 Å². The number of rotatable bonds is 7. The molecule has 2 rings (SSSR count). The van der Waals surface area contributed by atoms with Gasteiger partial charge >= 0.3 is 0 Å². The molecule has 0 aliphatic heterocycles. The van der Waals surface area contributed by atoms with E-state index in [9.17, 15) is 0 Å². The van der Waals surface area contributed by atoms with E-state index in [4.69, 9.17) is 4.74 Å². The molecule has 0 bridgehead atoms. The maximum Gasteiger partial charge on any atom is 0.123 e. The monoisotopic (exact) mass is 261 g/mol. The Hall–Kier alpha value is -1.02. The van der Waals surface area contributed by atoms with E-state index in [-0.39, 0.29) is 5.60 Å². The van der Waals surface area contributed by atoms with Crippen molar-refractivity contribution in [3.8, 4) is 5.75 Å². The second kappa shape index (κ2) is 6.42. The molecule has 1 aromatic rings. The van der Waals surface area contributed by atoms with Crippen molar-refractivity contribution in [1.29, 1.82) is 0 Å². The zero-order valence-corrected chi connectivity index (χ0v) is 12.5. The smallest absolute Gasteiger partial charge is 0.123 e. The fourth-order valence-corrected chi connectivity index (χ4v) is 2.75. The molecule has 1 fully saturated rings. The van der Waals surface area contributed by atoms with E-state index in [0.717, 1.165) is 25.3 Å². The van der Waals surface area contributed by atoms with Crippen molar-refractivity contribution >= 4 is 0 Å². The van der Waals surface area contributed by atoms with Gasteiger partial charge in [0.2, 0.25) is 0 Å². The highest BCUT2D eigenvalue weighted by Gasteiger charge is 2.39. The Kier molecular flexibility index (Phi) is 4.87. The minimum atomic E-state index is 0.0904. The van der Waals surface area contributed by atoms with E-state index in [1.54, 1.807) is 0 Å². The van der Waals surface area contributed by atoms with Gasteiger partial charge in [0.15, 0.2) is 0 Å². The summed E-state index contributed by atoms with van der Waals surface area (Å²) in [4.78, 5) is 0. The van der Waals surface area contributed by atoms with Crippen LogP contribution in [0.25, 0.3) is 0 Å². The molecule has 1 N–H and O–H groups in total. The molecule has 2 nitrogen and oxygen atoms in total. The molecule has 106 valence electrons. The largest absolute Gasteiger partial charge is 0.487 e. The Morgan fingerprint density at radius 3 is 2.58 bits per heavy atom. The lowest BCUT2D eigenvalue weighted by atomic mass is 9.77. The molecule has 0 unspecified atom stereocenters. The van der Waals surface area contributed by atoms with Crippen LogP contribution in [0.5, 0.6) is 5.75 Å². The summed E-state index contributed by atoms with van der Waals surface area (Å²) >= 11 is 0. The van der Waals surface area contributed by atoms with Crippen LogP contribution in [-0.4, -0.2) is 18.7 Å². The van der Waals surface area contributed by atoms with Crippen LogP contribution in [0.4, 0.5) is 0 Å². The molecule has 0 radical (unpaired) electrons. The van der Waals surface area contributed by atoms with E-state index in [1.165, 1.54) is 24.8 Å². The summed E-state index contributed by atoms with van der Waals surface area (Å²) in [6, 6.07) is 8.51. The molecule has 1 aliphatic carbocycles. The third-order valence-corrected chi connectivity index (χ3v) is 4.14. The Bertz CT molecular complexity index is 396. The van der Waals surface area contributed by atoms with Gasteiger partial charge in [0.25, 0.3) is 0 Å². The van der Waals surface area contributed by atoms with Gasteiger partial charge in [-0.15, -0.1) is 0 Å². The molecule has 0 aromatic heterocycles. The van der Waals surface area contributed by atoms with E-state index >= 15 is 0 Å². The zero-order valence-electron chi connectivity index (χ0n) is 12.5. The van der Waals surface area contributed by atoms with Gasteiger partial charge in [-0.3, -0.25) is 0 Å². The van der Waals surface area contributed by atoms with Crippen molar-refractivity contribution in [1.82, 2.24) is 5.32 Å². The predicted molar refractivity (Wildman–Crippen MR) is 80.9 cm³/mol. The lowest BCUT2D eigenvalue weighted by Crippen LogP contribution is -2.45. The highest BCUT2D eigenvalue weighted by Crippen LogP contribution is 2.41. The van der Waals surface area contributed by atoms with Crippen LogP contribution >= 0.6 is 0 Å². The summed E-state index contributed by atoms with van der Waals surface area (Å²) in [5.74, 6) is 1.61. The first-order chi connectivity index (χ1) is 9.17. The Morgan fingerprint density at radius 1 is 1.26 bits per heavy atom. The highest BCUT2D eigenvalue weighted by atomic mass is 16.5. The quantitative estimate of drug-likeness (QED) is 0.746. The van der Waals surface area contributed by atoms with Crippen LogP contribution in [0.15, 0.2) is 24.3 Å². The molecule has 0 spiro atoms. The molecule has 0 saturated heterocycles. The third kappa shape index (κ3) is 3.50. The number of nitrogens with one attached hydrogen (secondary N) is 1. The van der Waals surface area contributed by atoms with Gasteiger partial charge in [-0.25, -0.2) is 0 Å². The molecule has 1 saturated carbocycles. The summed E-state index contributed by atoms with van der Waals surface area (Å²) in [5, 5.41) is 3.42. The average molecular weight is 261 g/mol. The fourth-order valence-electron chi connectivity index (χ4n) is 2.75. The average Bonchev–Trinajstić information content (AvgIpc) is 2.36. The summed E-state index contributed by atoms with van der Waals surface area (Å²) in [6.07, 6.45) is 4.82. The first kappa shape index (κ1) is 14.4. The van der Waals surface area contributed by atoms with Crippen molar-refractivity contribution < 1.29 is 4.74 Å². The van der Waals surface area contributed by atoms with E-state index < -0.39 is 0 Å². The molecule has 19 heavy (non-hydrogen) atoms. The number of para-hydroxylation sites is 1. The van der Waals surface area contributed by atoms with Gasteiger partial charge in [-0.05, 0) is 56.3 Å². The number of benzene rings is 1. The van der Waals surface area contributed by atoms with Gasteiger partial charge in [0.1, 0.15) is 11.4 Å². The summed E-state index contributed by atoms with van der Waals surface area (Å²) in [5.41, 5.74) is 1.42. The van der Waals surface area contributed by atoms with Crippen LogP contribution in [0.3, 0.4) is 0 Å². The van der Waals surface area contributed by atoms with Crippen LogP contribution in [0, 0.1) is 0 Å². The molecule has 1 aliphatic rings. The SMILES string of the molecule is CCNCCC1(Oc2ccccc2C(C)C)CCC1. The summed E-state index contributed by atoms with van der Waals surface area (Å²) in [6.45, 7) is 8.71. The first-order valence-corrected chi connectivity index (χ1v) is 7.65. The van der Waals surface area contributed by atoms with Crippen molar-refractivity contribution in [2.24, 2.45) is 0 Å². The van der Waals surface area contributed by atoms with Gasteiger partial charge in [-0.1, -0.05) is 39.0 Å².